The third-order valence-corrected chi connectivity index (χ3v) is 2.47. The lowest BCUT2D eigenvalue weighted by molar-refractivity contribution is -0.252. The van der Waals surface area contributed by atoms with E-state index in [2.05, 4.69) is 5.32 Å². The molecule has 0 aromatic rings. The van der Waals surface area contributed by atoms with Crippen LogP contribution in [-0.2, 0) is 14.2 Å². The Balaban J connectivity index is 1.99. The third-order valence-electron chi connectivity index (χ3n) is 2.47. The molecule has 1 saturated heterocycles. The Morgan fingerprint density at radius 3 is 2.53 bits per heavy atom. The minimum absolute atomic E-state index is 0.334. The minimum atomic E-state index is -0.409. The lowest BCUT2D eigenvalue weighted by Crippen LogP contribution is -2.48. The molecule has 4 heteroatoms. The molecule has 1 fully saturated rings. The van der Waals surface area contributed by atoms with Gasteiger partial charge in [-0.25, -0.2) is 0 Å². The quantitative estimate of drug-likeness (QED) is 0.678. The Labute approximate surface area is 92.3 Å². The molecule has 0 radical (unpaired) electrons. The van der Waals surface area contributed by atoms with Crippen molar-refractivity contribution >= 4 is 0 Å². The Morgan fingerprint density at radius 2 is 1.93 bits per heavy atom. The highest BCUT2D eigenvalue weighted by atomic mass is 16.7. The van der Waals surface area contributed by atoms with Crippen LogP contribution in [0, 0.1) is 0 Å². The zero-order valence-corrected chi connectivity index (χ0v) is 10.0. The summed E-state index contributed by atoms with van der Waals surface area (Å²) in [7, 11) is 1.73. The molecule has 0 aromatic heterocycles. The predicted molar refractivity (Wildman–Crippen MR) is 58.9 cm³/mol. The number of hydrogen-bond acceptors (Lipinski definition) is 4. The fourth-order valence-corrected chi connectivity index (χ4v) is 1.49. The molecular formula is C11H23NO3. The average molecular weight is 217 g/mol. The van der Waals surface area contributed by atoms with Crippen molar-refractivity contribution in [2.75, 3.05) is 33.5 Å². The highest BCUT2D eigenvalue weighted by Gasteiger charge is 2.27. The average Bonchev–Trinajstić information content (AvgIpc) is 2.20. The van der Waals surface area contributed by atoms with Crippen LogP contribution in [0.3, 0.4) is 0 Å². The van der Waals surface area contributed by atoms with Gasteiger partial charge in [-0.05, 0) is 33.2 Å². The molecule has 1 aliphatic heterocycles. The SMILES string of the molecule is COCCCCNC1COC(C)(C)OC1. The summed E-state index contributed by atoms with van der Waals surface area (Å²) in [5.41, 5.74) is 0. The fraction of sp³-hybridized carbons (Fsp3) is 1.00. The topological polar surface area (TPSA) is 39.7 Å². The van der Waals surface area contributed by atoms with Gasteiger partial charge in [-0.3, -0.25) is 0 Å². The molecule has 0 spiro atoms. The van der Waals surface area contributed by atoms with Crippen molar-refractivity contribution in [3.63, 3.8) is 0 Å². The molecule has 90 valence electrons. The van der Waals surface area contributed by atoms with Crippen molar-refractivity contribution in [2.45, 2.75) is 38.5 Å². The third kappa shape index (κ3) is 5.47. The molecule has 0 aliphatic carbocycles. The van der Waals surface area contributed by atoms with E-state index in [0.717, 1.165) is 39.2 Å². The monoisotopic (exact) mass is 217 g/mol. The lowest BCUT2D eigenvalue weighted by Gasteiger charge is -2.35. The Morgan fingerprint density at radius 1 is 1.27 bits per heavy atom. The Kier molecular flexibility index (Phi) is 5.53. The van der Waals surface area contributed by atoms with Crippen molar-refractivity contribution < 1.29 is 14.2 Å². The highest BCUT2D eigenvalue weighted by Crippen LogP contribution is 2.16. The predicted octanol–water partition coefficient (Wildman–Crippen LogP) is 1.15. The molecule has 0 bridgehead atoms. The van der Waals surface area contributed by atoms with Crippen LogP contribution in [0.1, 0.15) is 26.7 Å². The van der Waals surface area contributed by atoms with Crippen molar-refractivity contribution in [1.29, 1.82) is 0 Å². The van der Waals surface area contributed by atoms with Gasteiger partial charge in [-0.1, -0.05) is 0 Å². The largest absolute Gasteiger partial charge is 0.385 e. The van der Waals surface area contributed by atoms with Gasteiger partial charge in [0, 0.05) is 13.7 Å². The van der Waals surface area contributed by atoms with Crippen LogP contribution < -0.4 is 5.32 Å². The summed E-state index contributed by atoms with van der Waals surface area (Å²) >= 11 is 0. The van der Waals surface area contributed by atoms with Gasteiger partial charge in [0.05, 0.1) is 19.3 Å². The first-order chi connectivity index (χ1) is 7.14. The number of hydrogen-bond donors (Lipinski definition) is 1. The molecule has 15 heavy (non-hydrogen) atoms. The van der Waals surface area contributed by atoms with Gasteiger partial charge in [0.25, 0.3) is 0 Å². The van der Waals surface area contributed by atoms with Crippen LogP contribution in [0.15, 0.2) is 0 Å². The molecule has 0 unspecified atom stereocenters. The maximum atomic E-state index is 5.55. The summed E-state index contributed by atoms with van der Waals surface area (Å²) in [4.78, 5) is 0. The van der Waals surface area contributed by atoms with Crippen LogP contribution in [0.2, 0.25) is 0 Å². The van der Waals surface area contributed by atoms with Crippen LogP contribution in [-0.4, -0.2) is 45.3 Å². The van der Waals surface area contributed by atoms with Gasteiger partial charge in [-0.15, -0.1) is 0 Å². The second-order valence-corrected chi connectivity index (χ2v) is 4.37. The van der Waals surface area contributed by atoms with E-state index < -0.39 is 5.79 Å². The van der Waals surface area contributed by atoms with Gasteiger partial charge in [0.15, 0.2) is 5.79 Å². The van der Waals surface area contributed by atoms with Gasteiger partial charge < -0.3 is 19.5 Å². The number of rotatable bonds is 6. The molecule has 0 aromatic carbocycles. The fourth-order valence-electron chi connectivity index (χ4n) is 1.49. The van der Waals surface area contributed by atoms with E-state index in [1.165, 1.54) is 0 Å². The molecule has 0 atom stereocenters. The van der Waals surface area contributed by atoms with Crippen molar-refractivity contribution in [1.82, 2.24) is 5.32 Å². The summed E-state index contributed by atoms with van der Waals surface area (Å²) in [6, 6.07) is 0.334. The van der Waals surface area contributed by atoms with Crippen LogP contribution in [0.25, 0.3) is 0 Å². The first kappa shape index (κ1) is 12.9. The summed E-state index contributed by atoms with van der Waals surface area (Å²) < 4.78 is 16.1. The van der Waals surface area contributed by atoms with Crippen molar-refractivity contribution in [3.05, 3.63) is 0 Å². The smallest absolute Gasteiger partial charge is 0.162 e. The number of unbranched alkanes of at least 4 members (excludes halogenated alkanes) is 1. The number of nitrogens with one attached hydrogen (secondary N) is 1. The van der Waals surface area contributed by atoms with E-state index in [9.17, 15) is 0 Å². The summed E-state index contributed by atoms with van der Waals surface area (Å²) in [5.74, 6) is -0.409. The van der Waals surface area contributed by atoms with Crippen LogP contribution in [0.4, 0.5) is 0 Å². The zero-order valence-electron chi connectivity index (χ0n) is 10.0. The van der Waals surface area contributed by atoms with Crippen LogP contribution >= 0.6 is 0 Å². The van der Waals surface area contributed by atoms with Crippen molar-refractivity contribution in [3.8, 4) is 0 Å². The summed E-state index contributed by atoms with van der Waals surface area (Å²) in [5, 5.41) is 3.41. The molecule has 1 aliphatic rings. The zero-order chi connectivity index (χ0) is 11.1. The van der Waals surface area contributed by atoms with E-state index in [0.29, 0.717) is 6.04 Å². The lowest BCUT2D eigenvalue weighted by atomic mass is 10.2. The molecule has 4 nitrogen and oxygen atoms in total. The first-order valence-corrected chi connectivity index (χ1v) is 5.64. The Hall–Kier alpha value is -0.160. The van der Waals surface area contributed by atoms with Crippen molar-refractivity contribution in [2.24, 2.45) is 0 Å². The maximum Gasteiger partial charge on any atom is 0.162 e. The van der Waals surface area contributed by atoms with E-state index in [-0.39, 0.29) is 0 Å². The van der Waals surface area contributed by atoms with E-state index in [1.807, 2.05) is 13.8 Å². The second-order valence-electron chi connectivity index (χ2n) is 4.37. The number of ether oxygens (including phenoxy) is 3. The van der Waals surface area contributed by atoms with E-state index >= 15 is 0 Å². The molecular weight excluding hydrogens is 194 g/mol. The minimum Gasteiger partial charge on any atom is -0.385 e. The standard InChI is InChI=1S/C11H23NO3/c1-11(2)14-8-10(9-15-11)12-6-4-5-7-13-3/h10,12H,4-9H2,1-3H3. The van der Waals surface area contributed by atoms with Gasteiger partial charge in [0.1, 0.15) is 0 Å². The van der Waals surface area contributed by atoms with Gasteiger partial charge in [0.2, 0.25) is 0 Å². The van der Waals surface area contributed by atoms with Gasteiger partial charge >= 0.3 is 0 Å². The molecule has 1 rings (SSSR count). The summed E-state index contributed by atoms with van der Waals surface area (Å²) in [6.07, 6.45) is 2.23. The highest BCUT2D eigenvalue weighted by molar-refractivity contribution is 4.72. The first-order valence-electron chi connectivity index (χ1n) is 5.64. The van der Waals surface area contributed by atoms with E-state index in [4.69, 9.17) is 14.2 Å². The molecule has 0 saturated carbocycles. The second kappa shape index (κ2) is 6.43. The molecule has 1 heterocycles. The van der Waals surface area contributed by atoms with E-state index in [1.54, 1.807) is 7.11 Å². The molecule has 1 N–H and O–H groups in total. The maximum absolute atomic E-state index is 5.55. The normalized spacial score (nSPS) is 21.8. The molecule has 0 amide bonds. The summed E-state index contributed by atoms with van der Waals surface area (Å²) in [6.45, 7) is 7.20. The Bertz CT molecular complexity index is 163. The van der Waals surface area contributed by atoms with Crippen LogP contribution in [0.5, 0.6) is 0 Å². The van der Waals surface area contributed by atoms with Gasteiger partial charge in [-0.2, -0.15) is 0 Å². The number of methoxy groups -OCH3 is 1.